The van der Waals surface area contributed by atoms with E-state index in [1.54, 1.807) is 0 Å². The zero-order valence-electron chi connectivity index (χ0n) is 8.22. The van der Waals surface area contributed by atoms with Crippen LogP contribution >= 0.6 is 11.6 Å². The zero-order valence-corrected chi connectivity index (χ0v) is 8.97. The lowest BCUT2D eigenvalue weighted by atomic mass is 10.1. The SMILES string of the molecule is O=c1[nH]cnc(NC2CCNCC2)c1Cl. The van der Waals surface area contributed by atoms with Gasteiger partial charge in [-0.2, -0.15) is 0 Å². The van der Waals surface area contributed by atoms with E-state index in [2.05, 4.69) is 20.6 Å². The van der Waals surface area contributed by atoms with Crippen molar-refractivity contribution in [2.75, 3.05) is 18.4 Å². The molecule has 2 rings (SSSR count). The third kappa shape index (κ3) is 2.49. The van der Waals surface area contributed by atoms with Crippen LogP contribution in [0.3, 0.4) is 0 Å². The van der Waals surface area contributed by atoms with Gasteiger partial charge in [-0.1, -0.05) is 11.6 Å². The standard InChI is InChI=1S/C9H13ClN4O/c10-7-8(12-5-13-9(7)15)14-6-1-3-11-4-2-6/h5-6,11H,1-4H2,(H2,12,13,14,15). The molecule has 1 aliphatic heterocycles. The number of halogens is 1. The van der Waals surface area contributed by atoms with Crippen LogP contribution in [0.2, 0.25) is 5.02 Å². The molecule has 0 bridgehead atoms. The summed E-state index contributed by atoms with van der Waals surface area (Å²) in [5.74, 6) is 0.479. The molecule has 0 radical (unpaired) electrons. The van der Waals surface area contributed by atoms with Crippen LogP contribution in [-0.2, 0) is 0 Å². The van der Waals surface area contributed by atoms with Crippen LogP contribution in [0.1, 0.15) is 12.8 Å². The van der Waals surface area contributed by atoms with Gasteiger partial charge in [0.1, 0.15) is 5.02 Å². The second-order valence-electron chi connectivity index (χ2n) is 3.56. The normalized spacial score (nSPS) is 17.7. The second-order valence-corrected chi connectivity index (χ2v) is 3.94. The maximum atomic E-state index is 11.2. The highest BCUT2D eigenvalue weighted by atomic mass is 35.5. The summed E-state index contributed by atoms with van der Waals surface area (Å²) in [6, 6.07) is 0.345. The Hall–Kier alpha value is -1.07. The number of nitrogens with one attached hydrogen (secondary N) is 3. The first kappa shape index (κ1) is 10.4. The molecule has 1 aliphatic rings. The van der Waals surface area contributed by atoms with Gasteiger partial charge in [0.15, 0.2) is 5.82 Å². The average Bonchev–Trinajstić information content (AvgIpc) is 2.26. The monoisotopic (exact) mass is 228 g/mol. The number of piperidine rings is 1. The van der Waals surface area contributed by atoms with Crippen LogP contribution in [0.25, 0.3) is 0 Å². The lowest BCUT2D eigenvalue weighted by Crippen LogP contribution is -2.35. The van der Waals surface area contributed by atoms with Gasteiger partial charge in [-0.15, -0.1) is 0 Å². The van der Waals surface area contributed by atoms with E-state index >= 15 is 0 Å². The quantitative estimate of drug-likeness (QED) is 0.693. The zero-order chi connectivity index (χ0) is 10.7. The van der Waals surface area contributed by atoms with Crippen molar-refractivity contribution < 1.29 is 0 Å². The third-order valence-corrected chi connectivity index (χ3v) is 2.83. The lowest BCUT2D eigenvalue weighted by molar-refractivity contribution is 0.478. The first-order chi connectivity index (χ1) is 7.27. The molecular weight excluding hydrogens is 216 g/mol. The average molecular weight is 229 g/mol. The highest BCUT2D eigenvalue weighted by molar-refractivity contribution is 6.32. The topological polar surface area (TPSA) is 69.8 Å². The van der Waals surface area contributed by atoms with E-state index < -0.39 is 0 Å². The first-order valence-electron chi connectivity index (χ1n) is 4.98. The van der Waals surface area contributed by atoms with Crippen LogP contribution in [0.5, 0.6) is 0 Å². The minimum atomic E-state index is -0.303. The van der Waals surface area contributed by atoms with Crippen LogP contribution < -0.4 is 16.2 Å². The Bertz CT molecular complexity index is 386. The van der Waals surface area contributed by atoms with E-state index in [1.807, 2.05) is 0 Å². The van der Waals surface area contributed by atoms with Gasteiger partial charge in [0.05, 0.1) is 6.33 Å². The summed E-state index contributed by atoms with van der Waals surface area (Å²) in [5, 5.41) is 6.59. The van der Waals surface area contributed by atoms with Gasteiger partial charge in [0.25, 0.3) is 5.56 Å². The van der Waals surface area contributed by atoms with Crippen LogP contribution in [0, 0.1) is 0 Å². The second kappa shape index (κ2) is 4.63. The van der Waals surface area contributed by atoms with Gasteiger partial charge >= 0.3 is 0 Å². The molecule has 3 N–H and O–H groups in total. The molecule has 2 heterocycles. The van der Waals surface area contributed by atoms with Crippen molar-refractivity contribution >= 4 is 17.4 Å². The molecule has 6 heteroatoms. The van der Waals surface area contributed by atoms with Crippen molar-refractivity contribution in [3.8, 4) is 0 Å². The Morgan fingerprint density at radius 2 is 2.20 bits per heavy atom. The van der Waals surface area contributed by atoms with Crippen molar-refractivity contribution in [1.82, 2.24) is 15.3 Å². The third-order valence-electron chi connectivity index (χ3n) is 2.48. The molecule has 1 saturated heterocycles. The lowest BCUT2D eigenvalue weighted by Gasteiger charge is -2.24. The van der Waals surface area contributed by atoms with Gasteiger partial charge in [0, 0.05) is 6.04 Å². The molecule has 0 aliphatic carbocycles. The maximum absolute atomic E-state index is 11.2. The number of aromatic nitrogens is 2. The molecule has 1 aromatic heterocycles. The van der Waals surface area contributed by atoms with E-state index in [-0.39, 0.29) is 10.6 Å². The number of aromatic amines is 1. The predicted octanol–water partition coefficient (Wildman–Crippen LogP) is 0.587. The molecule has 0 unspecified atom stereocenters. The van der Waals surface area contributed by atoms with Crippen molar-refractivity contribution in [2.45, 2.75) is 18.9 Å². The summed E-state index contributed by atoms with van der Waals surface area (Å²) in [7, 11) is 0. The van der Waals surface area contributed by atoms with Crippen LogP contribution in [0.15, 0.2) is 11.1 Å². The summed E-state index contributed by atoms with van der Waals surface area (Å²) >= 11 is 5.83. The van der Waals surface area contributed by atoms with E-state index in [1.165, 1.54) is 6.33 Å². The smallest absolute Gasteiger partial charge is 0.271 e. The summed E-state index contributed by atoms with van der Waals surface area (Å²) in [6.07, 6.45) is 3.40. The van der Waals surface area contributed by atoms with Gasteiger partial charge in [-0.3, -0.25) is 4.79 Å². The fraction of sp³-hybridized carbons (Fsp3) is 0.556. The Balaban J connectivity index is 2.09. The molecule has 0 amide bonds. The molecule has 15 heavy (non-hydrogen) atoms. The van der Waals surface area contributed by atoms with Gasteiger partial charge < -0.3 is 15.6 Å². The van der Waals surface area contributed by atoms with Crippen molar-refractivity contribution in [3.63, 3.8) is 0 Å². The Labute approximate surface area is 92.3 Å². The summed E-state index contributed by atoms with van der Waals surface area (Å²) < 4.78 is 0. The molecule has 0 atom stereocenters. The number of rotatable bonds is 2. The molecule has 0 saturated carbocycles. The first-order valence-corrected chi connectivity index (χ1v) is 5.35. The van der Waals surface area contributed by atoms with E-state index in [0.717, 1.165) is 25.9 Å². The molecule has 0 spiro atoms. The number of nitrogens with zero attached hydrogens (tertiary/aromatic N) is 1. The number of hydrogen-bond acceptors (Lipinski definition) is 4. The molecule has 0 aromatic carbocycles. The van der Waals surface area contributed by atoms with E-state index in [0.29, 0.717) is 11.9 Å². The summed E-state index contributed by atoms with van der Waals surface area (Å²) in [4.78, 5) is 17.6. The van der Waals surface area contributed by atoms with Crippen LogP contribution in [-0.4, -0.2) is 29.1 Å². The van der Waals surface area contributed by atoms with E-state index in [9.17, 15) is 4.79 Å². The fourth-order valence-electron chi connectivity index (χ4n) is 1.64. The summed E-state index contributed by atoms with van der Waals surface area (Å²) in [6.45, 7) is 1.97. The number of H-pyrrole nitrogens is 1. The van der Waals surface area contributed by atoms with Crippen molar-refractivity contribution in [2.24, 2.45) is 0 Å². The van der Waals surface area contributed by atoms with Gasteiger partial charge in [0.2, 0.25) is 0 Å². The fourth-order valence-corrected chi connectivity index (χ4v) is 1.80. The molecule has 1 fully saturated rings. The molecule has 82 valence electrons. The van der Waals surface area contributed by atoms with E-state index in [4.69, 9.17) is 11.6 Å². The number of anilines is 1. The largest absolute Gasteiger partial charge is 0.366 e. The van der Waals surface area contributed by atoms with Crippen molar-refractivity contribution in [3.05, 3.63) is 21.7 Å². The van der Waals surface area contributed by atoms with Gasteiger partial charge in [-0.05, 0) is 25.9 Å². The highest BCUT2D eigenvalue weighted by Gasteiger charge is 2.15. The Morgan fingerprint density at radius 1 is 1.47 bits per heavy atom. The van der Waals surface area contributed by atoms with Crippen LogP contribution in [0.4, 0.5) is 5.82 Å². The van der Waals surface area contributed by atoms with Gasteiger partial charge in [-0.25, -0.2) is 4.98 Å². The molecule has 5 nitrogen and oxygen atoms in total. The predicted molar refractivity (Wildman–Crippen MR) is 59.4 cm³/mol. The van der Waals surface area contributed by atoms with Crippen molar-refractivity contribution in [1.29, 1.82) is 0 Å². The summed E-state index contributed by atoms with van der Waals surface area (Å²) in [5.41, 5.74) is -0.303. The minimum absolute atomic E-state index is 0.135. The Morgan fingerprint density at radius 3 is 2.93 bits per heavy atom. The maximum Gasteiger partial charge on any atom is 0.271 e. The highest BCUT2D eigenvalue weighted by Crippen LogP contribution is 2.16. The molecular formula is C9H13ClN4O. The number of hydrogen-bond donors (Lipinski definition) is 3. The Kier molecular flexibility index (Phi) is 3.23. The minimum Gasteiger partial charge on any atom is -0.366 e. The molecule has 1 aromatic rings.